The minimum atomic E-state index is -0.624. The van der Waals surface area contributed by atoms with Crippen LogP contribution in [0, 0.1) is 0 Å². The smallest absolute Gasteiger partial charge is 0.333 e. The summed E-state index contributed by atoms with van der Waals surface area (Å²) < 4.78 is 14.5. The maximum absolute atomic E-state index is 11.2. The molecule has 0 amide bonds. The Labute approximate surface area is 108 Å². The van der Waals surface area contributed by atoms with Gasteiger partial charge in [-0.1, -0.05) is 26.2 Å². The number of rotatable bonds is 9. The molecule has 104 valence electrons. The summed E-state index contributed by atoms with van der Waals surface area (Å²) in [7, 11) is 1.24. The van der Waals surface area contributed by atoms with Crippen molar-refractivity contribution in [3.05, 3.63) is 12.2 Å². The maximum atomic E-state index is 11.2. The largest absolute Gasteiger partial charge is 0.466 e. The van der Waals surface area contributed by atoms with Gasteiger partial charge in [-0.25, -0.2) is 9.59 Å². The van der Waals surface area contributed by atoms with E-state index in [1.54, 1.807) is 6.92 Å². The molecule has 0 aromatic heterocycles. The zero-order valence-corrected chi connectivity index (χ0v) is 11.3. The van der Waals surface area contributed by atoms with Gasteiger partial charge < -0.3 is 14.2 Å². The van der Waals surface area contributed by atoms with Gasteiger partial charge in [-0.05, 0) is 13.3 Å². The first-order chi connectivity index (χ1) is 8.60. The number of carbonyl (C=O) groups is 2. The monoisotopic (exact) mass is 258 g/mol. The molecule has 0 aliphatic rings. The van der Waals surface area contributed by atoms with Gasteiger partial charge in [-0.2, -0.15) is 0 Å². The Morgan fingerprint density at radius 1 is 1.11 bits per heavy atom. The summed E-state index contributed by atoms with van der Waals surface area (Å²) in [5, 5.41) is 0. The van der Waals surface area contributed by atoms with E-state index in [1.807, 2.05) is 0 Å². The van der Waals surface area contributed by atoms with Gasteiger partial charge in [0.2, 0.25) is 0 Å². The first kappa shape index (κ1) is 16.6. The molecule has 0 rings (SSSR count). The van der Waals surface area contributed by atoms with E-state index in [2.05, 4.69) is 11.7 Å². The van der Waals surface area contributed by atoms with Crippen molar-refractivity contribution in [1.29, 1.82) is 0 Å². The number of hydrogen-bond donors (Lipinski definition) is 0. The van der Waals surface area contributed by atoms with Gasteiger partial charge in [0.05, 0.1) is 13.7 Å². The van der Waals surface area contributed by atoms with Crippen LogP contribution >= 0.6 is 0 Å². The molecule has 0 N–H and O–H groups in total. The summed E-state index contributed by atoms with van der Waals surface area (Å²) in [5.41, 5.74) is 0. The second-order valence-corrected chi connectivity index (χ2v) is 3.79. The Balaban J connectivity index is 3.67. The van der Waals surface area contributed by atoms with Crippen LogP contribution in [0.25, 0.3) is 0 Å². The molecule has 18 heavy (non-hydrogen) atoms. The molecule has 0 aliphatic carbocycles. The molecule has 0 aromatic rings. The fraction of sp³-hybridized carbons (Fsp3) is 0.692. The van der Waals surface area contributed by atoms with Crippen molar-refractivity contribution in [1.82, 2.24) is 0 Å². The molecule has 5 heteroatoms. The Kier molecular flexibility index (Phi) is 9.96. The Bertz CT molecular complexity index is 273. The highest BCUT2D eigenvalue weighted by molar-refractivity contribution is 5.91. The molecule has 0 fully saturated rings. The molecule has 0 saturated heterocycles. The third kappa shape index (κ3) is 9.84. The van der Waals surface area contributed by atoms with Gasteiger partial charge in [0.1, 0.15) is 0 Å². The Hall–Kier alpha value is -1.36. The summed E-state index contributed by atoms with van der Waals surface area (Å²) >= 11 is 0. The van der Waals surface area contributed by atoms with Crippen LogP contribution in [-0.2, 0) is 23.8 Å². The molecular formula is C13H22O5. The van der Waals surface area contributed by atoms with E-state index in [-0.39, 0.29) is 0 Å². The lowest BCUT2D eigenvalue weighted by molar-refractivity contribution is -0.169. The van der Waals surface area contributed by atoms with Crippen LogP contribution in [0.2, 0.25) is 0 Å². The topological polar surface area (TPSA) is 61.8 Å². The van der Waals surface area contributed by atoms with Gasteiger partial charge in [0.25, 0.3) is 0 Å². The average molecular weight is 258 g/mol. The fourth-order valence-corrected chi connectivity index (χ4v) is 1.22. The highest BCUT2D eigenvalue weighted by Crippen LogP contribution is 2.02. The zero-order chi connectivity index (χ0) is 13.8. The second-order valence-electron chi connectivity index (χ2n) is 3.79. The van der Waals surface area contributed by atoms with Crippen LogP contribution in [0.3, 0.4) is 0 Å². The van der Waals surface area contributed by atoms with E-state index in [0.717, 1.165) is 25.0 Å². The molecule has 0 spiro atoms. The first-order valence-electron chi connectivity index (χ1n) is 6.18. The zero-order valence-electron chi connectivity index (χ0n) is 11.3. The predicted octanol–water partition coefficient (Wildman–Crippen LogP) is 2.20. The van der Waals surface area contributed by atoms with Crippen molar-refractivity contribution in [3.63, 3.8) is 0 Å². The van der Waals surface area contributed by atoms with Gasteiger partial charge >= 0.3 is 11.9 Å². The quantitative estimate of drug-likeness (QED) is 0.274. The van der Waals surface area contributed by atoms with Gasteiger partial charge in [0.15, 0.2) is 6.29 Å². The Morgan fingerprint density at radius 2 is 1.78 bits per heavy atom. The standard InChI is InChI=1S/C13H22O5/c1-4-5-6-7-10-17-11(2)18-13(15)9-8-12(14)16-3/h8-9,11H,4-7,10H2,1-3H3/b9-8+. The van der Waals surface area contributed by atoms with Crippen molar-refractivity contribution >= 4 is 11.9 Å². The highest BCUT2D eigenvalue weighted by Gasteiger charge is 2.07. The van der Waals surface area contributed by atoms with E-state index in [0.29, 0.717) is 6.61 Å². The summed E-state index contributed by atoms with van der Waals surface area (Å²) in [6.45, 7) is 4.35. The van der Waals surface area contributed by atoms with Crippen molar-refractivity contribution < 1.29 is 23.8 Å². The minimum absolute atomic E-state index is 0.565. The summed E-state index contributed by atoms with van der Waals surface area (Å²) in [6.07, 6.45) is 5.83. The summed E-state index contributed by atoms with van der Waals surface area (Å²) in [6, 6.07) is 0. The van der Waals surface area contributed by atoms with E-state index in [1.165, 1.54) is 20.0 Å². The highest BCUT2D eigenvalue weighted by atomic mass is 16.7. The van der Waals surface area contributed by atoms with Gasteiger partial charge in [-0.3, -0.25) is 0 Å². The third-order valence-electron chi connectivity index (χ3n) is 2.19. The number of unbranched alkanes of at least 4 members (excludes halogenated alkanes) is 3. The van der Waals surface area contributed by atoms with Crippen molar-refractivity contribution in [2.75, 3.05) is 13.7 Å². The lowest BCUT2D eigenvalue weighted by Gasteiger charge is -2.12. The first-order valence-corrected chi connectivity index (χ1v) is 6.18. The normalized spacial score (nSPS) is 12.4. The van der Waals surface area contributed by atoms with Gasteiger partial charge in [-0.15, -0.1) is 0 Å². The lowest BCUT2D eigenvalue weighted by Crippen LogP contribution is -2.17. The van der Waals surface area contributed by atoms with Crippen LogP contribution in [0.4, 0.5) is 0 Å². The lowest BCUT2D eigenvalue weighted by atomic mass is 10.2. The minimum Gasteiger partial charge on any atom is -0.466 e. The van der Waals surface area contributed by atoms with Crippen LogP contribution in [-0.4, -0.2) is 31.9 Å². The summed E-state index contributed by atoms with van der Waals surface area (Å²) in [4.78, 5) is 21.9. The number of esters is 2. The SMILES string of the molecule is CCCCCCOC(C)OC(=O)/C=C/C(=O)OC. The number of hydrogen-bond acceptors (Lipinski definition) is 5. The second kappa shape index (κ2) is 10.8. The molecule has 0 heterocycles. The summed E-state index contributed by atoms with van der Waals surface area (Å²) in [5.74, 6) is -1.22. The molecule has 1 unspecified atom stereocenters. The van der Waals surface area contributed by atoms with Crippen molar-refractivity contribution in [3.8, 4) is 0 Å². The number of ether oxygens (including phenoxy) is 3. The molecule has 0 aromatic carbocycles. The fourth-order valence-electron chi connectivity index (χ4n) is 1.22. The van der Waals surface area contributed by atoms with Crippen molar-refractivity contribution in [2.45, 2.75) is 45.8 Å². The van der Waals surface area contributed by atoms with E-state index in [9.17, 15) is 9.59 Å². The van der Waals surface area contributed by atoms with E-state index >= 15 is 0 Å². The van der Waals surface area contributed by atoms with E-state index < -0.39 is 18.2 Å². The molecule has 0 radical (unpaired) electrons. The van der Waals surface area contributed by atoms with E-state index in [4.69, 9.17) is 9.47 Å². The van der Waals surface area contributed by atoms with Crippen LogP contribution in [0.15, 0.2) is 12.2 Å². The van der Waals surface area contributed by atoms with Gasteiger partial charge in [0, 0.05) is 12.2 Å². The average Bonchev–Trinajstić information content (AvgIpc) is 2.35. The Morgan fingerprint density at radius 3 is 2.39 bits per heavy atom. The predicted molar refractivity (Wildman–Crippen MR) is 66.8 cm³/mol. The maximum Gasteiger partial charge on any atom is 0.333 e. The van der Waals surface area contributed by atoms with Crippen LogP contribution in [0.1, 0.15) is 39.5 Å². The number of carbonyl (C=O) groups excluding carboxylic acids is 2. The molecule has 1 atom stereocenters. The molecule has 0 aliphatic heterocycles. The molecule has 0 bridgehead atoms. The third-order valence-corrected chi connectivity index (χ3v) is 2.19. The van der Waals surface area contributed by atoms with Crippen LogP contribution < -0.4 is 0 Å². The van der Waals surface area contributed by atoms with Crippen LogP contribution in [0.5, 0.6) is 0 Å². The number of methoxy groups -OCH3 is 1. The molecule has 5 nitrogen and oxygen atoms in total. The molecule has 0 saturated carbocycles. The van der Waals surface area contributed by atoms with Crippen molar-refractivity contribution in [2.24, 2.45) is 0 Å². The molecular weight excluding hydrogens is 236 g/mol.